The highest BCUT2D eigenvalue weighted by Crippen LogP contribution is 2.18. The second-order valence-electron chi connectivity index (χ2n) is 6.47. The Bertz CT molecular complexity index is 748. The maximum atomic E-state index is 12.7. The van der Waals surface area contributed by atoms with Gasteiger partial charge in [-0.1, -0.05) is 6.92 Å². The molecule has 1 aliphatic rings. The molecule has 130 valence electrons. The quantitative estimate of drug-likeness (QED) is 0.928. The zero-order valence-electron chi connectivity index (χ0n) is 14.3. The molecule has 3 heterocycles. The Balaban J connectivity index is 1.66. The molecule has 0 bridgehead atoms. The summed E-state index contributed by atoms with van der Waals surface area (Å²) >= 11 is 0. The van der Waals surface area contributed by atoms with Gasteiger partial charge in [-0.15, -0.1) is 0 Å². The van der Waals surface area contributed by atoms with Gasteiger partial charge in [-0.05, 0) is 48.6 Å². The van der Waals surface area contributed by atoms with Gasteiger partial charge in [0, 0.05) is 43.8 Å². The maximum absolute atomic E-state index is 12.7. The molecule has 0 aromatic carbocycles. The molecule has 6 heteroatoms. The van der Waals surface area contributed by atoms with Gasteiger partial charge < -0.3 is 10.2 Å². The summed E-state index contributed by atoms with van der Waals surface area (Å²) in [7, 11) is 0. The number of aromatic nitrogens is 2. The Labute approximate surface area is 147 Å². The molecule has 0 saturated carbocycles. The standard InChI is InChI=1S/C19H22N4O2/c1-14-3-2-10-23(13-14)19(25)16-6-9-21-17(11-16)18(24)22-12-15-4-7-20-8-5-15/h4-9,11,14H,2-3,10,12-13H2,1H3,(H,22,24). The van der Waals surface area contributed by atoms with Crippen LogP contribution in [0.3, 0.4) is 0 Å². The molecular formula is C19H22N4O2. The predicted molar refractivity (Wildman–Crippen MR) is 93.9 cm³/mol. The Hall–Kier alpha value is -2.76. The van der Waals surface area contributed by atoms with Crippen LogP contribution in [0.15, 0.2) is 42.9 Å². The molecule has 25 heavy (non-hydrogen) atoms. The molecule has 2 aromatic rings. The third-order valence-corrected chi connectivity index (χ3v) is 4.39. The number of nitrogens with zero attached hydrogens (tertiary/aromatic N) is 3. The molecule has 1 fully saturated rings. The largest absolute Gasteiger partial charge is 0.347 e. The van der Waals surface area contributed by atoms with Crippen LogP contribution in [0.2, 0.25) is 0 Å². The molecule has 2 aromatic heterocycles. The zero-order chi connectivity index (χ0) is 17.6. The van der Waals surface area contributed by atoms with Crippen LogP contribution in [-0.4, -0.2) is 39.8 Å². The summed E-state index contributed by atoms with van der Waals surface area (Å²) < 4.78 is 0. The van der Waals surface area contributed by atoms with Gasteiger partial charge in [-0.3, -0.25) is 19.6 Å². The first-order valence-electron chi connectivity index (χ1n) is 8.56. The van der Waals surface area contributed by atoms with Gasteiger partial charge in [0.15, 0.2) is 0 Å². The lowest BCUT2D eigenvalue weighted by atomic mass is 9.99. The van der Waals surface area contributed by atoms with Crippen LogP contribution in [0, 0.1) is 5.92 Å². The number of nitrogens with one attached hydrogen (secondary N) is 1. The minimum Gasteiger partial charge on any atom is -0.347 e. The van der Waals surface area contributed by atoms with E-state index in [1.807, 2.05) is 17.0 Å². The topological polar surface area (TPSA) is 75.2 Å². The molecular weight excluding hydrogens is 316 g/mol. The second kappa shape index (κ2) is 7.88. The number of hydrogen-bond acceptors (Lipinski definition) is 4. The Kier molecular flexibility index (Phi) is 5.38. The summed E-state index contributed by atoms with van der Waals surface area (Å²) in [5.74, 6) is 0.193. The van der Waals surface area contributed by atoms with Crippen molar-refractivity contribution in [1.29, 1.82) is 0 Å². The lowest BCUT2D eigenvalue weighted by molar-refractivity contribution is 0.0683. The molecule has 1 unspecified atom stereocenters. The number of likely N-dealkylation sites (tertiary alicyclic amines) is 1. The first kappa shape index (κ1) is 17.1. The predicted octanol–water partition coefficient (Wildman–Crippen LogP) is 2.28. The van der Waals surface area contributed by atoms with E-state index in [0.717, 1.165) is 31.5 Å². The van der Waals surface area contributed by atoms with Crippen molar-refractivity contribution in [3.63, 3.8) is 0 Å². The van der Waals surface area contributed by atoms with E-state index in [9.17, 15) is 9.59 Å². The van der Waals surface area contributed by atoms with Crippen molar-refractivity contribution in [1.82, 2.24) is 20.2 Å². The highest BCUT2D eigenvalue weighted by molar-refractivity contribution is 5.98. The highest BCUT2D eigenvalue weighted by Gasteiger charge is 2.22. The van der Waals surface area contributed by atoms with E-state index in [-0.39, 0.29) is 17.5 Å². The highest BCUT2D eigenvalue weighted by atomic mass is 16.2. The first-order chi connectivity index (χ1) is 12.1. The Morgan fingerprint density at radius 3 is 2.80 bits per heavy atom. The summed E-state index contributed by atoms with van der Waals surface area (Å²) in [4.78, 5) is 34.9. The number of carbonyl (C=O) groups excluding carboxylic acids is 2. The fourth-order valence-corrected chi connectivity index (χ4v) is 3.02. The van der Waals surface area contributed by atoms with Crippen LogP contribution in [0.5, 0.6) is 0 Å². The van der Waals surface area contributed by atoms with Crippen molar-refractivity contribution in [3.8, 4) is 0 Å². The van der Waals surface area contributed by atoms with Gasteiger partial charge in [0.05, 0.1) is 0 Å². The number of rotatable bonds is 4. The van der Waals surface area contributed by atoms with E-state index in [1.165, 1.54) is 6.20 Å². The Morgan fingerprint density at radius 2 is 2.04 bits per heavy atom. The summed E-state index contributed by atoms with van der Waals surface area (Å²) in [6.07, 6.45) is 7.05. The average molecular weight is 338 g/mol. The smallest absolute Gasteiger partial charge is 0.270 e. The van der Waals surface area contributed by atoms with E-state index in [4.69, 9.17) is 0 Å². The summed E-state index contributed by atoms with van der Waals surface area (Å²) in [6, 6.07) is 6.92. The monoisotopic (exact) mass is 338 g/mol. The van der Waals surface area contributed by atoms with Crippen molar-refractivity contribution in [2.75, 3.05) is 13.1 Å². The van der Waals surface area contributed by atoms with Gasteiger partial charge in [0.1, 0.15) is 5.69 Å². The molecule has 1 aliphatic heterocycles. The molecule has 0 radical (unpaired) electrons. The molecule has 6 nitrogen and oxygen atoms in total. The first-order valence-corrected chi connectivity index (χ1v) is 8.56. The zero-order valence-corrected chi connectivity index (χ0v) is 14.3. The van der Waals surface area contributed by atoms with Crippen LogP contribution in [0.25, 0.3) is 0 Å². The molecule has 1 atom stereocenters. The fourth-order valence-electron chi connectivity index (χ4n) is 3.02. The van der Waals surface area contributed by atoms with Crippen molar-refractivity contribution in [3.05, 3.63) is 59.7 Å². The van der Waals surface area contributed by atoms with Crippen LogP contribution < -0.4 is 5.32 Å². The molecule has 0 spiro atoms. The number of amides is 2. The minimum absolute atomic E-state index is 0.0304. The van der Waals surface area contributed by atoms with Gasteiger partial charge in [-0.2, -0.15) is 0 Å². The van der Waals surface area contributed by atoms with Crippen molar-refractivity contribution >= 4 is 11.8 Å². The molecule has 2 amide bonds. The van der Waals surface area contributed by atoms with E-state index in [2.05, 4.69) is 22.2 Å². The summed E-state index contributed by atoms with van der Waals surface area (Å²) in [5, 5.41) is 2.81. The summed E-state index contributed by atoms with van der Waals surface area (Å²) in [5.41, 5.74) is 1.72. The van der Waals surface area contributed by atoms with Gasteiger partial charge in [-0.25, -0.2) is 0 Å². The molecule has 1 saturated heterocycles. The van der Waals surface area contributed by atoms with Crippen molar-refractivity contribution < 1.29 is 9.59 Å². The molecule has 1 N–H and O–H groups in total. The van der Waals surface area contributed by atoms with Crippen LogP contribution in [-0.2, 0) is 6.54 Å². The number of pyridine rings is 2. The van der Waals surface area contributed by atoms with Gasteiger partial charge in [0.25, 0.3) is 11.8 Å². The third-order valence-electron chi connectivity index (χ3n) is 4.39. The van der Waals surface area contributed by atoms with Gasteiger partial charge >= 0.3 is 0 Å². The van der Waals surface area contributed by atoms with Crippen LogP contribution in [0.4, 0.5) is 0 Å². The van der Waals surface area contributed by atoms with E-state index in [0.29, 0.717) is 18.0 Å². The van der Waals surface area contributed by atoms with Crippen molar-refractivity contribution in [2.45, 2.75) is 26.3 Å². The maximum Gasteiger partial charge on any atom is 0.270 e. The summed E-state index contributed by atoms with van der Waals surface area (Å²) in [6.45, 7) is 4.09. The number of carbonyl (C=O) groups is 2. The van der Waals surface area contributed by atoms with Crippen molar-refractivity contribution in [2.24, 2.45) is 5.92 Å². The normalized spacial score (nSPS) is 17.2. The molecule has 3 rings (SSSR count). The van der Waals surface area contributed by atoms with Crippen LogP contribution in [0.1, 0.15) is 46.2 Å². The van der Waals surface area contributed by atoms with E-state index < -0.39 is 0 Å². The van der Waals surface area contributed by atoms with E-state index in [1.54, 1.807) is 24.5 Å². The third kappa shape index (κ3) is 4.41. The second-order valence-corrected chi connectivity index (χ2v) is 6.47. The average Bonchev–Trinajstić information content (AvgIpc) is 2.66. The Morgan fingerprint density at radius 1 is 1.24 bits per heavy atom. The van der Waals surface area contributed by atoms with Gasteiger partial charge in [0.2, 0.25) is 0 Å². The minimum atomic E-state index is -0.293. The van der Waals surface area contributed by atoms with E-state index >= 15 is 0 Å². The SMILES string of the molecule is CC1CCCN(C(=O)c2ccnc(C(=O)NCc3ccncc3)c2)C1. The lowest BCUT2D eigenvalue weighted by Gasteiger charge is -2.31. The number of hydrogen-bond donors (Lipinski definition) is 1. The lowest BCUT2D eigenvalue weighted by Crippen LogP contribution is -2.39. The van der Waals surface area contributed by atoms with Crippen LogP contribution >= 0.6 is 0 Å². The molecule has 0 aliphatic carbocycles. The number of piperidine rings is 1. The fraction of sp³-hybridized carbons (Fsp3) is 0.368.